The smallest absolute Gasteiger partial charge is 0.310 e. The number of guanidine groups is 1. The summed E-state index contributed by atoms with van der Waals surface area (Å²) in [6.07, 6.45) is 0. The van der Waals surface area contributed by atoms with Gasteiger partial charge in [0.05, 0.1) is 20.1 Å². The van der Waals surface area contributed by atoms with Gasteiger partial charge in [-0.2, -0.15) is 0 Å². The van der Waals surface area contributed by atoms with Crippen LogP contribution in [-0.4, -0.2) is 39.7 Å². The Morgan fingerprint density at radius 3 is 2.64 bits per heavy atom. The van der Waals surface area contributed by atoms with Crippen molar-refractivity contribution in [3.8, 4) is 5.75 Å². The minimum Gasteiger partial charge on any atom is -0.497 e. The predicted molar refractivity (Wildman–Crippen MR) is 97.8 cm³/mol. The normalized spacial score (nSPS) is 11.9. The van der Waals surface area contributed by atoms with Crippen LogP contribution < -0.4 is 15.4 Å². The van der Waals surface area contributed by atoms with E-state index in [4.69, 9.17) is 4.74 Å². The van der Waals surface area contributed by atoms with Gasteiger partial charge >= 0.3 is 5.97 Å². The van der Waals surface area contributed by atoms with Crippen molar-refractivity contribution in [2.75, 3.05) is 27.8 Å². The molecule has 0 bridgehead atoms. The number of hydrogen-bond donors (Lipinski definition) is 2. The van der Waals surface area contributed by atoms with Crippen LogP contribution in [0.25, 0.3) is 0 Å². The molecule has 0 fully saturated rings. The first kappa shape index (κ1) is 20.5. The average molecular weight is 421 g/mol. The third kappa shape index (κ3) is 6.97. The summed E-state index contributed by atoms with van der Waals surface area (Å²) in [7, 11) is 4.71. The van der Waals surface area contributed by atoms with E-state index in [9.17, 15) is 4.79 Å². The molecule has 2 N–H and O–H groups in total. The summed E-state index contributed by atoms with van der Waals surface area (Å²) in [4.78, 5) is 15.4. The molecule has 0 heterocycles. The van der Waals surface area contributed by atoms with Crippen molar-refractivity contribution in [3.05, 3.63) is 29.8 Å². The number of benzene rings is 1. The third-order valence-corrected chi connectivity index (χ3v) is 3.00. The quantitative estimate of drug-likeness (QED) is 0.317. The molecule has 1 aromatic rings. The second kappa shape index (κ2) is 11.1. The van der Waals surface area contributed by atoms with Gasteiger partial charge in [-0.3, -0.25) is 9.79 Å². The summed E-state index contributed by atoms with van der Waals surface area (Å²) < 4.78 is 9.86. The highest BCUT2D eigenvalue weighted by molar-refractivity contribution is 14.0. The molecular formula is C15H24IN3O3. The molecule has 1 unspecified atom stereocenters. The Kier molecular flexibility index (Phi) is 10.3. The number of esters is 1. The van der Waals surface area contributed by atoms with Gasteiger partial charge in [0, 0.05) is 20.1 Å². The molecule has 0 radical (unpaired) electrons. The van der Waals surface area contributed by atoms with Crippen LogP contribution in [0.5, 0.6) is 5.75 Å². The van der Waals surface area contributed by atoms with Gasteiger partial charge in [0.25, 0.3) is 0 Å². The summed E-state index contributed by atoms with van der Waals surface area (Å²) in [6.45, 7) is 2.88. The van der Waals surface area contributed by atoms with Crippen LogP contribution in [0.2, 0.25) is 0 Å². The van der Waals surface area contributed by atoms with Gasteiger partial charge in [-0.05, 0) is 17.7 Å². The molecule has 1 rings (SSSR count). The fourth-order valence-electron chi connectivity index (χ4n) is 1.72. The largest absolute Gasteiger partial charge is 0.497 e. The molecule has 0 saturated heterocycles. The van der Waals surface area contributed by atoms with Crippen LogP contribution in [-0.2, 0) is 16.1 Å². The maximum absolute atomic E-state index is 11.3. The number of aliphatic imine (C=N–C) groups is 1. The van der Waals surface area contributed by atoms with Gasteiger partial charge in [-0.1, -0.05) is 19.1 Å². The van der Waals surface area contributed by atoms with Crippen LogP contribution in [0, 0.1) is 5.92 Å². The Labute approximate surface area is 148 Å². The molecule has 0 spiro atoms. The lowest BCUT2D eigenvalue weighted by atomic mass is 10.2. The SMILES string of the molecule is CN=C(NCc1cccc(OC)c1)NCC(C)C(=O)OC.I. The van der Waals surface area contributed by atoms with E-state index in [0.717, 1.165) is 11.3 Å². The molecule has 1 aromatic carbocycles. The third-order valence-electron chi connectivity index (χ3n) is 3.00. The number of carbonyl (C=O) groups is 1. The molecule has 0 aromatic heterocycles. The second-order valence-electron chi connectivity index (χ2n) is 4.58. The number of rotatable bonds is 6. The highest BCUT2D eigenvalue weighted by atomic mass is 127. The van der Waals surface area contributed by atoms with Crippen molar-refractivity contribution in [1.82, 2.24) is 10.6 Å². The van der Waals surface area contributed by atoms with Crippen molar-refractivity contribution in [2.24, 2.45) is 10.9 Å². The molecule has 0 aliphatic heterocycles. The summed E-state index contributed by atoms with van der Waals surface area (Å²) in [5.74, 6) is 0.973. The second-order valence-corrected chi connectivity index (χ2v) is 4.58. The Balaban J connectivity index is 0.00000441. The number of halogens is 1. The lowest BCUT2D eigenvalue weighted by Gasteiger charge is -2.15. The van der Waals surface area contributed by atoms with E-state index >= 15 is 0 Å². The number of carbonyl (C=O) groups excluding carboxylic acids is 1. The first-order valence-corrected chi connectivity index (χ1v) is 6.76. The van der Waals surface area contributed by atoms with Crippen molar-refractivity contribution < 1.29 is 14.3 Å². The first-order chi connectivity index (χ1) is 10.1. The Bertz CT molecular complexity index is 495. The van der Waals surface area contributed by atoms with Gasteiger partial charge in [0.15, 0.2) is 5.96 Å². The van der Waals surface area contributed by atoms with Gasteiger partial charge in [0.1, 0.15) is 5.75 Å². The van der Waals surface area contributed by atoms with Crippen molar-refractivity contribution >= 4 is 35.9 Å². The van der Waals surface area contributed by atoms with Gasteiger partial charge < -0.3 is 20.1 Å². The zero-order valence-electron chi connectivity index (χ0n) is 13.4. The number of ether oxygens (including phenoxy) is 2. The predicted octanol–water partition coefficient (Wildman–Crippen LogP) is 1.79. The maximum Gasteiger partial charge on any atom is 0.310 e. The molecule has 1 atom stereocenters. The standard InChI is InChI=1S/C15H23N3O3.HI/c1-11(14(19)21-4)9-17-15(16-2)18-10-12-6-5-7-13(8-12)20-3;/h5-8,11H,9-10H2,1-4H3,(H2,16,17,18);1H. The molecule has 22 heavy (non-hydrogen) atoms. The monoisotopic (exact) mass is 421 g/mol. The zero-order valence-corrected chi connectivity index (χ0v) is 15.7. The lowest BCUT2D eigenvalue weighted by Crippen LogP contribution is -2.40. The Morgan fingerprint density at radius 1 is 1.32 bits per heavy atom. The van der Waals surface area contributed by atoms with Crippen molar-refractivity contribution in [1.29, 1.82) is 0 Å². The molecule has 0 aliphatic carbocycles. The van der Waals surface area contributed by atoms with E-state index in [1.807, 2.05) is 24.3 Å². The van der Waals surface area contributed by atoms with Crippen LogP contribution in [0.3, 0.4) is 0 Å². The number of nitrogens with one attached hydrogen (secondary N) is 2. The first-order valence-electron chi connectivity index (χ1n) is 6.76. The Hall–Kier alpha value is -1.51. The highest BCUT2D eigenvalue weighted by Crippen LogP contribution is 2.11. The van der Waals surface area contributed by atoms with E-state index in [1.165, 1.54) is 7.11 Å². The highest BCUT2D eigenvalue weighted by Gasteiger charge is 2.13. The molecule has 0 aliphatic rings. The summed E-state index contributed by atoms with van der Waals surface area (Å²) in [5, 5.41) is 6.27. The van der Waals surface area contributed by atoms with Crippen molar-refractivity contribution in [3.63, 3.8) is 0 Å². The molecule has 7 heteroatoms. The fraction of sp³-hybridized carbons (Fsp3) is 0.467. The Morgan fingerprint density at radius 2 is 2.05 bits per heavy atom. The van der Waals surface area contributed by atoms with Gasteiger partial charge in [0.2, 0.25) is 0 Å². The molecule has 6 nitrogen and oxygen atoms in total. The van der Waals surface area contributed by atoms with Crippen LogP contribution >= 0.6 is 24.0 Å². The maximum atomic E-state index is 11.3. The minimum atomic E-state index is -0.245. The molecule has 124 valence electrons. The van der Waals surface area contributed by atoms with E-state index in [-0.39, 0.29) is 35.9 Å². The van der Waals surface area contributed by atoms with Crippen LogP contribution in [0.1, 0.15) is 12.5 Å². The van der Waals surface area contributed by atoms with Gasteiger partial charge in [-0.25, -0.2) is 0 Å². The van der Waals surface area contributed by atoms with E-state index < -0.39 is 0 Å². The molecule has 0 saturated carbocycles. The summed E-state index contributed by atoms with van der Waals surface area (Å²) in [6, 6.07) is 7.79. The van der Waals surface area contributed by atoms with E-state index in [1.54, 1.807) is 21.1 Å². The summed E-state index contributed by atoms with van der Waals surface area (Å²) in [5.41, 5.74) is 1.08. The van der Waals surface area contributed by atoms with E-state index in [0.29, 0.717) is 19.0 Å². The summed E-state index contributed by atoms with van der Waals surface area (Å²) >= 11 is 0. The topological polar surface area (TPSA) is 72.0 Å². The fourth-order valence-corrected chi connectivity index (χ4v) is 1.72. The van der Waals surface area contributed by atoms with Gasteiger partial charge in [-0.15, -0.1) is 24.0 Å². The van der Waals surface area contributed by atoms with Crippen molar-refractivity contribution in [2.45, 2.75) is 13.5 Å². The molecular weight excluding hydrogens is 397 g/mol. The number of nitrogens with zero attached hydrogens (tertiary/aromatic N) is 1. The van der Waals surface area contributed by atoms with Crippen LogP contribution in [0.4, 0.5) is 0 Å². The molecule has 0 amide bonds. The zero-order chi connectivity index (χ0) is 15.7. The minimum absolute atomic E-state index is 0. The van der Waals surface area contributed by atoms with E-state index in [2.05, 4.69) is 20.4 Å². The number of hydrogen-bond acceptors (Lipinski definition) is 4. The number of methoxy groups -OCH3 is 2. The average Bonchev–Trinajstić information content (AvgIpc) is 2.54. The lowest BCUT2D eigenvalue weighted by molar-refractivity contribution is -0.144. The van der Waals surface area contributed by atoms with Crippen LogP contribution in [0.15, 0.2) is 29.3 Å².